The molecule has 0 bridgehead atoms. The summed E-state index contributed by atoms with van der Waals surface area (Å²) in [6, 6.07) is 4.43. The monoisotopic (exact) mass is 325 g/mol. The number of nitrogens with one attached hydrogen (secondary N) is 1. The summed E-state index contributed by atoms with van der Waals surface area (Å²) in [4.78, 5) is 1.36. The molecule has 0 fully saturated rings. The normalized spacial score (nSPS) is 12.6. The molecule has 0 spiro atoms. The van der Waals surface area contributed by atoms with Crippen LogP contribution in [0.3, 0.4) is 0 Å². The number of aromatic nitrogens is 2. The van der Waals surface area contributed by atoms with Crippen molar-refractivity contribution in [3.63, 3.8) is 0 Å². The van der Waals surface area contributed by atoms with Crippen molar-refractivity contribution in [2.24, 2.45) is 0 Å². The fraction of sp³-hybridized carbons (Fsp3) is 0.385. The average molecular weight is 326 g/mol. The van der Waals surface area contributed by atoms with Crippen molar-refractivity contribution in [2.75, 3.05) is 6.54 Å². The zero-order chi connectivity index (χ0) is 12.8. The van der Waals surface area contributed by atoms with Crippen LogP contribution in [0.1, 0.15) is 29.8 Å². The van der Waals surface area contributed by atoms with Gasteiger partial charge in [0.2, 0.25) is 0 Å². The van der Waals surface area contributed by atoms with Crippen LogP contribution in [0.2, 0.25) is 0 Å². The van der Waals surface area contributed by atoms with Gasteiger partial charge in [0, 0.05) is 28.0 Å². The quantitative estimate of drug-likeness (QED) is 0.882. The van der Waals surface area contributed by atoms with E-state index in [1.54, 1.807) is 17.5 Å². The van der Waals surface area contributed by atoms with Gasteiger partial charge in [0.1, 0.15) is 0 Å². The predicted molar refractivity (Wildman–Crippen MR) is 78.8 cm³/mol. The molecule has 1 atom stereocenters. The van der Waals surface area contributed by atoms with Crippen LogP contribution in [0.15, 0.2) is 34.4 Å². The standard InChI is InChI=1S/C13H16BrN3S/c1-2-5-15-12(10-3-6-16-17-9-10)8-13-11(14)4-7-18-13/h3-4,6-7,9,12,15H,2,5,8H2,1H3. The Kier molecular flexibility index (Phi) is 5.28. The van der Waals surface area contributed by atoms with Crippen LogP contribution >= 0.6 is 27.3 Å². The van der Waals surface area contributed by atoms with Crippen molar-refractivity contribution < 1.29 is 0 Å². The first-order chi connectivity index (χ1) is 8.81. The largest absolute Gasteiger partial charge is 0.310 e. The Morgan fingerprint density at radius 3 is 2.89 bits per heavy atom. The maximum atomic E-state index is 3.97. The number of nitrogens with zero attached hydrogens (tertiary/aromatic N) is 2. The maximum absolute atomic E-state index is 3.97. The van der Waals surface area contributed by atoms with Gasteiger partial charge in [-0.25, -0.2) is 0 Å². The van der Waals surface area contributed by atoms with E-state index < -0.39 is 0 Å². The molecule has 0 aliphatic carbocycles. The smallest absolute Gasteiger partial charge is 0.0544 e. The lowest BCUT2D eigenvalue weighted by atomic mass is 10.1. The van der Waals surface area contributed by atoms with Crippen LogP contribution in [-0.4, -0.2) is 16.7 Å². The molecule has 2 aromatic heterocycles. The lowest BCUT2D eigenvalue weighted by Gasteiger charge is -2.18. The van der Waals surface area contributed by atoms with E-state index in [0.29, 0.717) is 6.04 Å². The van der Waals surface area contributed by atoms with Gasteiger partial charge in [-0.15, -0.1) is 11.3 Å². The highest BCUT2D eigenvalue weighted by molar-refractivity contribution is 9.10. The summed E-state index contributed by atoms with van der Waals surface area (Å²) in [6.45, 7) is 3.19. The molecule has 3 nitrogen and oxygen atoms in total. The first-order valence-electron chi connectivity index (χ1n) is 6.03. The zero-order valence-electron chi connectivity index (χ0n) is 10.3. The third kappa shape index (κ3) is 3.60. The summed E-state index contributed by atoms with van der Waals surface area (Å²) in [5, 5.41) is 13.5. The van der Waals surface area contributed by atoms with Crippen LogP contribution in [0.25, 0.3) is 0 Å². The fourth-order valence-electron chi connectivity index (χ4n) is 1.79. The molecule has 18 heavy (non-hydrogen) atoms. The molecule has 1 unspecified atom stereocenters. The number of halogens is 1. The molecule has 5 heteroatoms. The first kappa shape index (κ1) is 13.6. The molecule has 0 saturated carbocycles. The lowest BCUT2D eigenvalue weighted by molar-refractivity contribution is 0.529. The number of hydrogen-bond acceptors (Lipinski definition) is 4. The third-order valence-electron chi connectivity index (χ3n) is 2.73. The molecule has 2 aromatic rings. The summed E-state index contributed by atoms with van der Waals surface area (Å²) in [7, 11) is 0. The Morgan fingerprint density at radius 2 is 2.28 bits per heavy atom. The van der Waals surface area contributed by atoms with Crippen molar-refractivity contribution in [3.05, 3.63) is 44.8 Å². The van der Waals surface area contributed by atoms with E-state index in [1.165, 1.54) is 14.9 Å². The Hall–Kier alpha value is -0.780. The lowest BCUT2D eigenvalue weighted by Crippen LogP contribution is -2.24. The molecule has 0 aliphatic heterocycles. The minimum atomic E-state index is 0.301. The van der Waals surface area contributed by atoms with E-state index in [-0.39, 0.29) is 0 Å². The topological polar surface area (TPSA) is 37.8 Å². The van der Waals surface area contributed by atoms with Crippen LogP contribution in [0, 0.1) is 0 Å². The van der Waals surface area contributed by atoms with Gasteiger partial charge in [0.15, 0.2) is 0 Å². The van der Waals surface area contributed by atoms with E-state index in [1.807, 2.05) is 12.3 Å². The summed E-state index contributed by atoms with van der Waals surface area (Å²) in [5.41, 5.74) is 1.19. The summed E-state index contributed by atoms with van der Waals surface area (Å²) >= 11 is 5.37. The second-order valence-corrected chi connectivity index (χ2v) is 5.93. The second-order valence-electron chi connectivity index (χ2n) is 4.08. The molecule has 0 radical (unpaired) electrons. The molecule has 0 aromatic carbocycles. The summed E-state index contributed by atoms with van der Waals surface area (Å²) in [6.07, 6.45) is 5.69. The van der Waals surface area contributed by atoms with Gasteiger partial charge in [-0.05, 0) is 52.0 Å². The number of thiophene rings is 1. The third-order valence-corrected chi connectivity index (χ3v) is 4.68. The minimum absolute atomic E-state index is 0.301. The highest BCUT2D eigenvalue weighted by Crippen LogP contribution is 2.27. The Morgan fingerprint density at radius 1 is 1.39 bits per heavy atom. The van der Waals surface area contributed by atoms with Crippen LogP contribution in [0.5, 0.6) is 0 Å². The van der Waals surface area contributed by atoms with Gasteiger partial charge in [-0.3, -0.25) is 0 Å². The highest BCUT2D eigenvalue weighted by atomic mass is 79.9. The molecule has 0 aliphatic rings. The fourth-order valence-corrected chi connectivity index (χ4v) is 3.35. The minimum Gasteiger partial charge on any atom is -0.310 e. The van der Waals surface area contributed by atoms with E-state index in [4.69, 9.17) is 0 Å². The first-order valence-corrected chi connectivity index (χ1v) is 7.70. The summed E-state index contributed by atoms with van der Waals surface area (Å²) in [5.74, 6) is 0. The predicted octanol–water partition coefficient (Wildman–Crippen LogP) is 3.58. The van der Waals surface area contributed by atoms with Gasteiger partial charge in [-0.2, -0.15) is 10.2 Å². The molecular weight excluding hydrogens is 310 g/mol. The van der Waals surface area contributed by atoms with E-state index in [0.717, 1.165) is 19.4 Å². The van der Waals surface area contributed by atoms with Crippen LogP contribution in [-0.2, 0) is 6.42 Å². The Labute approximate surface area is 120 Å². The Bertz CT molecular complexity index is 472. The Balaban J connectivity index is 2.13. The average Bonchev–Trinajstić information content (AvgIpc) is 2.81. The van der Waals surface area contributed by atoms with Crippen LogP contribution in [0.4, 0.5) is 0 Å². The van der Waals surface area contributed by atoms with Gasteiger partial charge < -0.3 is 5.32 Å². The molecule has 1 N–H and O–H groups in total. The van der Waals surface area contributed by atoms with Crippen molar-refractivity contribution in [2.45, 2.75) is 25.8 Å². The molecule has 0 amide bonds. The second kappa shape index (κ2) is 6.97. The maximum Gasteiger partial charge on any atom is 0.0544 e. The van der Waals surface area contributed by atoms with E-state index in [9.17, 15) is 0 Å². The van der Waals surface area contributed by atoms with Gasteiger partial charge in [-0.1, -0.05) is 6.92 Å². The van der Waals surface area contributed by atoms with Crippen molar-refractivity contribution in [3.8, 4) is 0 Å². The van der Waals surface area contributed by atoms with Gasteiger partial charge in [0.25, 0.3) is 0 Å². The molecule has 2 heterocycles. The SMILES string of the molecule is CCCNC(Cc1sccc1Br)c1ccnnc1. The van der Waals surface area contributed by atoms with Crippen molar-refractivity contribution in [1.82, 2.24) is 15.5 Å². The van der Waals surface area contributed by atoms with Crippen molar-refractivity contribution in [1.29, 1.82) is 0 Å². The van der Waals surface area contributed by atoms with E-state index >= 15 is 0 Å². The van der Waals surface area contributed by atoms with E-state index in [2.05, 4.69) is 49.8 Å². The van der Waals surface area contributed by atoms with Crippen molar-refractivity contribution >= 4 is 27.3 Å². The molecule has 2 rings (SSSR count). The molecule has 0 saturated heterocycles. The summed E-state index contributed by atoms with van der Waals surface area (Å²) < 4.78 is 1.19. The van der Waals surface area contributed by atoms with Crippen LogP contribution < -0.4 is 5.32 Å². The number of hydrogen-bond donors (Lipinski definition) is 1. The van der Waals surface area contributed by atoms with Gasteiger partial charge >= 0.3 is 0 Å². The zero-order valence-corrected chi connectivity index (χ0v) is 12.7. The molecular formula is C13H16BrN3S. The highest BCUT2D eigenvalue weighted by Gasteiger charge is 2.14. The van der Waals surface area contributed by atoms with Gasteiger partial charge in [0.05, 0.1) is 6.20 Å². The molecule has 96 valence electrons. The number of rotatable bonds is 6.